The van der Waals surface area contributed by atoms with Crippen LogP contribution in [0.25, 0.3) is 0 Å². The Bertz CT molecular complexity index is 143. The fraction of sp³-hybridized carbons (Fsp3) is 1.00. The number of unbranched alkanes of at least 4 members (excludes halogenated alkanes) is 2. The van der Waals surface area contributed by atoms with Crippen molar-refractivity contribution in [3.8, 4) is 0 Å². The van der Waals surface area contributed by atoms with Crippen molar-refractivity contribution in [3.05, 3.63) is 0 Å². The normalized spacial score (nSPS) is 18.6. The van der Waals surface area contributed by atoms with Crippen LogP contribution in [0.3, 0.4) is 0 Å². The number of hydrogen-bond donors (Lipinski definition) is 1. The third-order valence-electron chi connectivity index (χ3n) is 3.49. The van der Waals surface area contributed by atoms with E-state index < -0.39 is 0 Å². The van der Waals surface area contributed by atoms with Crippen LogP contribution in [0, 0.1) is 5.92 Å². The van der Waals surface area contributed by atoms with Gasteiger partial charge >= 0.3 is 0 Å². The van der Waals surface area contributed by atoms with Crippen molar-refractivity contribution in [2.24, 2.45) is 5.92 Å². The highest BCUT2D eigenvalue weighted by Gasteiger charge is 2.14. The molecule has 1 saturated carbocycles. The fourth-order valence-electron chi connectivity index (χ4n) is 2.57. The summed E-state index contributed by atoms with van der Waals surface area (Å²) >= 11 is 0. The minimum atomic E-state index is 0.354. The lowest BCUT2D eigenvalue weighted by Gasteiger charge is -2.26. The Morgan fingerprint density at radius 3 is 2.47 bits per heavy atom. The van der Waals surface area contributed by atoms with Crippen LogP contribution in [0.5, 0.6) is 0 Å². The van der Waals surface area contributed by atoms with Gasteiger partial charge in [-0.05, 0) is 51.6 Å². The van der Waals surface area contributed by atoms with Gasteiger partial charge in [0.1, 0.15) is 0 Å². The zero-order valence-corrected chi connectivity index (χ0v) is 10.2. The van der Waals surface area contributed by atoms with E-state index in [4.69, 9.17) is 5.11 Å². The molecule has 0 atom stereocenters. The van der Waals surface area contributed by atoms with Crippen molar-refractivity contribution in [1.29, 1.82) is 0 Å². The highest BCUT2D eigenvalue weighted by atomic mass is 16.2. The van der Waals surface area contributed by atoms with Gasteiger partial charge in [0, 0.05) is 13.2 Å². The fourth-order valence-corrected chi connectivity index (χ4v) is 2.57. The van der Waals surface area contributed by atoms with Gasteiger partial charge in [0.25, 0.3) is 0 Å². The second-order valence-electron chi connectivity index (χ2n) is 5.05. The summed E-state index contributed by atoms with van der Waals surface area (Å²) in [6, 6.07) is 0. The van der Waals surface area contributed by atoms with Gasteiger partial charge in [0.05, 0.1) is 0 Å². The number of aliphatic hydroxyl groups is 1. The van der Waals surface area contributed by atoms with Crippen LogP contribution < -0.4 is 0 Å². The first kappa shape index (κ1) is 13.0. The molecule has 0 aromatic carbocycles. The lowest BCUT2D eigenvalue weighted by Crippen LogP contribution is -2.27. The number of aliphatic hydroxyl groups excluding tert-OH is 1. The molecule has 0 spiro atoms. The van der Waals surface area contributed by atoms with E-state index in [1.54, 1.807) is 0 Å². The van der Waals surface area contributed by atoms with E-state index in [-0.39, 0.29) is 0 Å². The summed E-state index contributed by atoms with van der Waals surface area (Å²) in [7, 11) is 2.24. The Labute approximate surface area is 94.7 Å². The Hall–Kier alpha value is -0.0800. The number of nitrogens with zero attached hydrogens (tertiary/aromatic N) is 1. The molecule has 0 aromatic heterocycles. The van der Waals surface area contributed by atoms with Crippen molar-refractivity contribution >= 4 is 0 Å². The van der Waals surface area contributed by atoms with Crippen LogP contribution >= 0.6 is 0 Å². The second-order valence-corrected chi connectivity index (χ2v) is 5.05. The first-order valence-corrected chi connectivity index (χ1v) is 6.62. The average molecular weight is 213 g/mol. The summed E-state index contributed by atoms with van der Waals surface area (Å²) in [6.45, 7) is 2.85. The molecule has 2 heteroatoms. The van der Waals surface area contributed by atoms with Gasteiger partial charge < -0.3 is 10.0 Å². The van der Waals surface area contributed by atoms with Crippen molar-refractivity contribution in [2.75, 3.05) is 26.7 Å². The van der Waals surface area contributed by atoms with E-state index in [0.717, 1.165) is 12.3 Å². The van der Waals surface area contributed by atoms with Gasteiger partial charge in [-0.3, -0.25) is 0 Å². The molecule has 1 N–H and O–H groups in total. The lowest BCUT2D eigenvalue weighted by molar-refractivity contribution is 0.226. The quantitative estimate of drug-likeness (QED) is 0.657. The predicted molar refractivity (Wildman–Crippen MR) is 65.0 cm³/mol. The molecule has 0 heterocycles. The summed E-state index contributed by atoms with van der Waals surface area (Å²) in [5.41, 5.74) is 0. The molecule has 0 radical (unpaired) electrons. The summed E-state index contributed by atoms with van der Waals surface area (Å²) in [4.78, 5) is 2.48. The van der Waals surface area contributed by atoms with Gasteiger partial charge in [-0.15, -0.1) is 0 Å². The Kier molecular flexibility index (Phi) is 7.03. The maximum absolute atomic E-state index is 8.68. The van der Waals surface area contributed by atoms with Crippen molar-refractivity contribution in [1.82, 2.24) is 4.90 Å². The van der Waals surface area contributed by atoms with Crippen LogP contribution in [-0.2, 0) is 0 Å². The molecule has 15 heavy (non-hydrogen) atoms. The average Bonchev–Trinajstić information content (AvgIpc) is 2.26. The van der Waals surface area contributed by atoms with E-state index in [9.17, 15) is 0 Å². The molecule has 1 fully saturated rings. The maximum atomic E-state index is 8.68. The summed E-state index contributed by atoms with van der Waals surface area (Å²) < 4.78 is 0. The van der Waals surface area contributed by atoms with Crippen LogP contribution in [-0.4, -0.2) is 36.8 Å². The van der Waals surface area contributed by atoms with Crippen LogP contribution in [0.15, 0.2) is 0 Å². The van der Waals surface area contributed by atoms with Gasteiger partial charge in [-0.1, -0.05) is 19.3 Å². The van der Waals surface area contributed by atoms with E-state index >= 15 is 0 Å². The monoisotopic (exact) mass is 213 g/mol. The topological polar surface area (TPSA) is 23.5 Å². The Balaban J connectivity index is 1.98. The van der Waals surface area contributed by atoms with E-state index in [1.165, 1.54) is 58.0 Å². The molecule has 0 aromatic rings. The van der Waals surface area contributed by atoms with Crippen molar-refractivity contribution < 1.29 is 5.11 Å². The molecule has 1 rings (SSSR count). The third-order valence-corrected chi connectivity index (χ3v) is 3.49. The summed E-state index contributed by atoms with van der Waals surface area (Å²) in [5, 5.41) is 8.68. The van der Waals surface area contributed by atoms with Gasteiger partial charge in [-0.25, -0.2) is 0 Å². The molecule has 0 unspecified atom stereocenters. The van der Waals surface area contributed by atoms with E-state index in [0.29, 0.717) is 6.61 Å². The Morgan fingerprint density at radius 1 is 1.07 bits per heavy atom. The largest absolute Gasteiger partial charge is 0.396 e. The SMILES string of the molecule is CN(CCCCCO)CC1CCCCC1. The standard InChI is InChI=1S/C13H27NO/c1-14(10-6-3-7-11-15)12-13-8-4-2-5-9-13/h13,15H,2-12H2,1H3. The van der Waals surface area contributed by atoms with Gasteiger partial charge in [0.2, 0.25) is 0 Å². The first-order chi connectivity index (χ1) is 7.33. The lowest BCUT2D eigenvalue weighted by atomic mass is 9.89. The molecule has 0 bridgehead atoms. The molecule has 1 aliphatic rings. The van der Waals surface area contributed by atoms with Gasteiger partial charge in [-0.2, -0.15) is 0 Å². The summed E-state index contributed by atoms with van der Waals surface area (Å²) in [5.74, 6) is 0.960. The number of rotatable bonds is 7. The van der Waals surface area contributed by atoms with Crippen LogP contribution in [0.1, 0.15) is 51.4 Å². The maximum Gasteiger partial charge on any atom is 0.0431 e. The van der Waals surface area contributed by atoms with Crippen molar-refractivity contribution in [2.45, 2.75) is 51.4 Å². The molecular formula is C13H27NO. The molecule has 90 valence electrons. The predicted octanol–water partition coefficient (Wildman–Crippen LogP) is 2.66. The van der Waals surface area contributed by atoms with Crippen LogP contribution in [0.4, 0.5) is 0 Å². The minimum Gasteiger partial charge on any atom is -0.396 e. The highest BCUT2D eigenvalue weighted by Crippen LogP contribution is 2.24. The molecular weight excluding hydrogens is 186 g/mol. The van der Waals surface area contributed by atoms with Crippen LogP contribution in [0.2, 0.25) is 0 Å². The van der Waals surface area contributed by atoms with Gasteiger partial charge in [0.15, 0.2) is 0 Å². The van der Waals surface area contributed by atoms with E-state index in [1.807, 2.05) is 0 Å². The second kappa shape index (κ2) is 8.12. The zero-order valence-electron chi connectivity index (χ0n) is 10.2. The van der Waals surface area contributed by atoms with E-state index in [2.05, 4.69) is 11.9 Å². The molecule has 0 saturated heterocycles. The minimum absolute atomic E-state index is 0.354. The molecule has 2 nitrogen and oxygen atoms in total. The smallest absolute Gasteiger partial charge is 0.0431 e. The molecule has 1 aliphatic carbocycles. The Morgan fingerprint density at radius 2 is 1.80 bits per heavy atom. The highest BCUT2D eigenvalue weighted by molar-refractivity contribution is 4.68. The number of hydrogen-bond acceptors (Lipinski definition) is 2. The van der Waals surface area contributed by atoms with Crippen molar-refractivity contribution in [3.63, 3.8) is 0 Å². The molecule has 0 amide bonds. The third kappa shape index (κ3) is 6.16. The zero-order chi connectivity index (χ0) is 10.9. The first-order valence-electron chi connectivity index (χ1n) is 6.62. The molecule has 0 aliphatic heterocycles. The summed E-state index contributed by atoms with van der Waals surface area (Å²) in [6.07, 6.45) is 10.6.